The summed E-state index contributed by atoms with van der Waals surface area (Å²) in [4.78, 5) is 23.6. The van der Waals surface area contributed by atoms with Gasteiger partial charge in [-0.1, -0.05) is 0 Å². The number of aliphatic hydroxyl groups excluding tert-OH is 1. The van der Waals surface area contributed by atoms with Gasteiger partial charge in [0.05, 0.1) is 18.6 Å². The standard InChI is InChI=1S/C17H29N3O5/c1-9(2)19-14(21)7-11-6-12-16(24-11)15(22)13(25-12)8-18-17(23)20-10-4-3-5-10/h9-13,15-16,22H,3-8H2,1-2H3,(H,19,21)(H2,18,20,23). The van der Waals surface area contributed by atoms with Gasteiger partial charge in [-0.25, -0.2) is 4.79 Å². The number of hydrogen-bond donors (Lipinski definition) is 4. The topological polar surface area (TPSA) is 109 Å². The number of amides is 3. The molecule has 5 atom stereocenters. The predicted molar refractivity (Wildman–Crippen MR) is 90.0 cm³/mol. The summed E-state index contributed by atoms with van der Waals surface area (Å²) in [5, 5.41) is 18.9. The summed E-state index contributed by atoms with van der Waals surface area (Å²) in [6, 6.07) is 0.147. The van der Waals surface area contributed by atoms with E-state index in [9.17, 15) is 14.7 Å². The van der Waals surface area contributed by atoms with E-state index in [1.165, 1.54) is 0 Å². The van der Waals surface area contributed by atoms with E-state index in [0.29, 0.717) is 6.42 Å². The largest absolute Gasteiger partial charge is 0.388 e. The zero-order chi connectivity index (χ0) is 18.0. The van der Waals surface area contributed by atoms with E-state index in [0.717, 1.165) is 19.3 Å². The predicted octanol–water partition coefficient (Wildman–Crippen LogP) is 0.0386. The van der Waals surface area contributed by atoms with Gasteiger partial charge in [0, 0.05) is 25.0 Å². The third-order valence-electron chi connectivity index (χ3n) is 5.05. The molecule has 0 spiro atoms. The number of rotatable bonds is 6. The molecule has 4 N–H and O–H groups in total. The van der Waals surface area contributed by atoms with Gasteiger partial charge in [-0.3, -0.25) is 4.79 Å². The van der Waals surface area contributed by atoms with Crippen molar-refractivity contribution >= 4 is 11.9 Å². The van der Waals surface area contributed by atoms with Gasteiger partial charge < -0.3 is 30.5 Å². The summed E-state index contributed by atoms with van der Waals surface area (Å²) < 4.78 is 11.7. The highest BCUT2D eigenvalue weighted by atomic mass is 16.6. The van der Waals surface area contributed by atoms with Crippen LogP contribution in [0.4, 0.5) is 4.79 Å². The van der Waals surface area contributed by atoms with E-state index in [2.05, 4.69) is 16.0 Å². The van der Waals surface area contributed by atoms with Gasteiger partial charge in [-0.2, -0.15) is 0 Å². The molecule has 0 aromatic carbocycles. The lowest BCUT2D eigenvalue weighted by atomic mass is 9.93. The van der Waals surface area contributed by atoms with Crippen LogP contribution in [0.15, 0.2) is 0 Å². The lowest BCUT2D eigenvalue weighted by molar-refractivity contribution is -0.125. The highest BCUT2D eigenvalue weighted by Crippen LogP contribution is 2.35. The molecule has 3 fully saturated rings. The van der Waals surface area contributed by atoms with E-state index < -0.39 is 18.3 Å². The van der Waals surface area contributed by atoms with Crippen LogP contribution >= 0.6 is 0 Å². The Morgan fingerprint density at radius 2 is 2.00 bits per heavy atom. The van der Waals surface area contributed by atoms with E-state index in [1.54, 1.807) is 0 Å². The van der Waals surface area contributed by atoms with Crippen LogP contribution in [0.1, 0.15) is 46.0 Å². The van der Waals surface area contributed by atoms with Crippen molar-refractivity contribution in [2.45, 2.75) is 88.6 Å². The number of carbonyl (C=O) groups excluding carboxylic acids is 2. The number of fused-ring (bicyclic) bond motifs is 1. The second kappa shape index (κ2) is 7.88. The van der Waals surface area contributed by atoms with Crippen molar-refractivity contribution in [2.24, 2.45) is 0 Å². The average molecular weight is 355 g/mol. The second-order valence-corrected chi connectivity index (χ2v) is 7.57. The number of hydrogen-bond acceptors (Lipinski definition) is 5. The summed E-state index contributed by atoms with van der Waals surface area (Å²) in [5.74, 6) is -0.0552. The summed E-state index contributed by atoms with van der Waals surface area (Å²) in [6.07, 6.45) is 1.89. The highest BCUT2D eigenvalue weighted by molar-refractivity contribution is 5.76. The lowest BCUT2D eigenvalue weighted by Gasteiger charge is -2.27. The first kappa shape index (κ1) is 18.4. The van der Waals surface area contributed by atoms with Crippen LogP contribution in [0.2, 0.25) is 0 Å². The van der Waals surface area contributed by atoms with Crippen LogP contribution in [0.5, 0.6) is 0 Å². The molecule has 8 nitrogen and oxygen atoms in total. The Hall–Kier alpha value is -1.38. The van der Waals surface area contributed by atoms with Crippen molar-refractivity contribution in [3.05, 3.63) is 0 Å². The minimum atomic E-state index is -0.799. The maximum Gasteiger partial charge on any atom is 0.315 e. The third kappa shape index (κ3) is 4.62. The van der Waals surface area contributed by atoms with E-state index in [1.807, 2.05) is 13.8 Å². The normalized spacial score (nSPS) is 34.5. The van der Waals surface area contributed by atoms with Crippen LogP contribution in [-0.4, -0.2) is 66.2 Å². The van der Waals surface area contributed by atoms with Crippen molar-refractivity contribution in [2.75, 3.05) is 6.54 Å². The van der Waals surface area contributed by atoms with Gasteiger partial charge in [0.25, 0.3) is 0 Å². The number of carbonyl (C=O) groups is 2. The highest BCUT2D eigenvalue weighted by Gasteiger charge is 2.50. The van der Waals surface area contributed by atoms with Crippen LogP contribution in [0.25, 0.3) is 0 Å². The molecular formula is C17H29N3O5. The van der Waals surface area contributed by atoms with E-state index >= 15 is 0 Å². The monoisotopic (exact) mass is 355 g/mol. The van der Waals surface area contributed by atoms with Crippen LogP contribution < -0.4 is 16.0 Å². The number of nitrogens with one attached hydrogen (secondary N) is 3. The summed E-state index contributed by atoms with van der Waals surface area (Å²) in [7, 11) is 0. The Labute approximate surface area is 148 Å². The Morgan fingerprint density at radius 1 is 1.24 bits per heavy atom. The fourth-order valence-electron chi connectivity index (χ4n) is 3.58. The van der Waals surface area contributed by atoms with E-state index in [-0.39, 0.29) is 49.2 Å². The Bertz CT molecular complexity index is 497. The molecule has 2 heterocycles. The first-order valence-electron chi connectivity index (χ1n) is 9.25. The maximum atomic E-state index is 11.8. The van der Waals surface area contributed by atoms with Crippen LogP contribution in [0.3, 0.4) is 0 Å². The molecule has 3 rings (SSSR count). The summed E-state index contributed by atoms with van der Waals surface area (Å²) in [5.41, 5.74) is 0. The number of urea groups is 1. The molecule has 0 aromatic rings. The molecule has 3 amide bonds. The van der Waals surface area contributed by atoms with Crippen molar-refractivity contribution in [1.29, 1.82) is 0 Å². The molecule has 5 unspecified atom stereocenters. The third-order valence-corrected chi connectivity index (χ3v) is 5.05. The molecule has 142 valence electrons. The Kier molecular flexibility index (Phi) is 5.81. The quantitative estimate of drug-likeness (QED) is 0.538. The SMILES string of the molecule is CC(C)NC(=O)CC1CC2OC(CNC(=O)NC3CCC3)C(O)C2O1. The van der Waals surface area contributed by atoms with Gasteiger partial charge in [-0.05, 0) is 33.1 Å². The smallest absolute Gasteiger partial charge is 0.315 e. The van der Waals surface area contributed by atoms with Gasteiger partial charge in [0.15, 0.2) is 0 Å². The first-order valence-corrected chi connectivity index (χ1v) is 9.25. The Morgan fingerprint density at radius 3 is 2.60 bits per heavy atom. The Balaban J connectivity index is 1.39. The lowest BCUT2D eigenvalue weighted by Crippen LogP contribution is -2.48. The maximum absolute atomic E-state index is 11.8. The molecule has 3 aliphatic rings. The van der Waals surface area contributed by atoms with E-state index in [4.69, 9.17) is 9.47 Å². The minimum Gasteiger partial charge on any atom is -0.388 e. The van der Waals surface area contributed by atoms with Gasteiger partial charge in [-0.15, -0.1) is 0 Å². The fraction of sp³-hybridized carbons (Fsp3) is 0.882. The summed E-state index contributed by atoms with van der Waals surface area (Å²) in [6.45, 7) is 4.07. The zero-order valence-corrected chi connectivity index (χ0v) is 14.9. The van der Waals surface area contributed by atoms with Gasteiger partial charge in [0.1, 0.15) is 18.3 Å². The molecule has 2 aliphatic heterocycles. The number of ether oxygens (including phenoxy) is 2. The molecule has 1 aliphatic carbocycles. The van der Waals surface area contributed by atoms with Crippen molar-refractivity contribution in [3.63, 3.8) is 0 Å². The molecule has 1 saturated carbocycles. The molecule has 8 heteroatoms. The number of aliphatic hydroxyl groups is 1. The van der Waals surface area contributed by atoms with Crippen LogP contribution in [0, 0.1) is 0 Å². The molecule has 2 saturated heterocycles. The van der Waals surface area contributed by atoms with Crippen LogP contribution in [-0.2, 0) is 14.3 Å². The van der Waals surface area contributed by atoms with Crippen molar-refractivity contribution in [3.8, 4) is 0 Å². The average Bonchev–Trinajstić information content (AvgIpc) is 2.99. The van der Waals surface area contributed by atoms with Gasteiger partial charge in [0.2, 0.25) is 5.91 Å². The first-order chi connectivity index (χ1) is 11.9. The van der Waals surface area contributed by atoms with Gasteiger partial charge >= 0.3 is 6.03 Å². The fourth-order valence-corrected chi connectivity index (χ4v) is 3.58. The molecule has 25 heavy (non-hydrogen) atoms. The van der Waals surface area contributed by atoms with Crippen molar-refractivity contribution in [1.82, 2.24) is 16.0 Å². The molecule has 0 bridgehead atoms. The molecular weight excluding hydrogens is 326 g/mol. The summed E-state index contributed by atoms with van der Waals surface area (Å²) >= 11 is 0. The molecule has 0 aromatic heterocycles. The molecule has 0 radical (unpaired) electrons. The zero-order valence-electron chi connectivity index (χ0n) is 14.9. The van der Waals surface area contributed by atoms with Crippen molar-refractivity contribution < 1.29 is 24.2 Å². The minimum absolute atomic E-state index is 0.0552. The second-order valence-electron chi connectivity index (χ2n) is 7.57.